The standard InChI is InChI=1S/C39H38ClN6O4P/c1-44(2)51(40,48)49-26-33-24-45(39(30-17-9-4-10-18-30,31-19-11-5-12-20-31)32-21-13-6-14-22-32)25-36(50-33)46-28-43-37-34(41-27-42-38(37)46)23-35(47)29-15-7-3-8-16-29/h3-22,27-28,33,36H,23-26H2,1-2H3/t33-,36+,51?/m0/s1. The number of benzene rings is 4. The lowest BCUT2D eigenvalue weighted by atomic mass is 9.75. The molecule has 0 spiro atoms. The van der Waals surface area contributed by atoms with Crippen molar-refractivity contribution in [3.8, 4) is 0 Å². The van der Waals surface area contributed by atoms with Crippen LogP contribution in [0, 0.1) is 0 Å². The van der Waals surface area contributed by atoms with Crippen LogP contribution in [-0.4, -0.2) is 74.8 Å². The van der Waals surface area contributed by atoms with Crippen LogP contribution in [-0.2, 0) is 25.8 Å². The van der Waals surface area contributed by atoms with Gasteiger partial charge in [0.25, 0.3) is 0 Å². The first-order valence-corrected chi connectivity index (χ1v) is 19.2. The molecule has 10 nitrogen and oxygen atoms in total. The van der Waals surface area contributed by atoms with E-state index in [2.05, 4.69) is 51.3 Å². The second kappa shape index (κ2) is 15.0. The van der Waals surface area contributed by atoms with Crippen molar-refractivity contribution in [2.75, 3.05) is 33.8 Å². The van der Waals surface area contributed by atoms with Crippen LogP contribution in [0.25, 0.3) is 11.2 Å². The van der Waals surface area contributed by atoms with Gasteiger partial charge in [-0.1, -0.05) is 121 Å². The highest BCUT2D eigenvalue weighted by molar-refractivity contribution is 7.83. The lowest BCUT2D eigenvalue weighted by Gasteiger charge is -2.50. The van der Waals surface area contributed by atoms with Gasteiger partial charge < -0.3 is 9.26 Å². The van der Waals surface area contributed by atoms with Crippen molar-refractivity contribution in [3.05, 3.63) is 162 Å². The number of aromatic nitrogens is 4. The highest BCUT2D eigenvalue weighted by Gasteiger charge is 2.47. The van der Waals surface area contributed by atoms with Gasteiger partial charge in [0.05, 0.1) is 36.7 Å². The number of carbonyl (C=O) groups excluding carboxylic acids is 1. The molecule has 51 heavy (non-hydrogen) atoms. The first-order valence-electron chi connectivity index (χ1n) is 16.7. The number of ketones is 1. The molecule has 1 unspecified atom stereocenters. The number of ether oxygens (including phenoxy) is 1. The summed E-state index contributed by atoms with van der Waals surface area (Å²) in [6.07, 6.45) is 2.03. The lowest BCUT2D eigenvalue weighted by molar-refractivity contribution is -0.145. The van der Waals surface area contributed by atoms with Gasteiger partial charge in [0, 0.05) is 18.7 Å². The van der Waals surface area contributed by atoms with Crippen LogP contribution >= 0.6 is 18.1 Å². The summed E-state index contributed by atoms with van der Waals surface area (Å²) in [6.45, 7) is -2.80. The fourth-order valence-electron chi connectivity index (χ4n) is 6.83. The molecule has 2 aromatic heterocycles. The Hall–Kier alpha value is -4.54. The largest absolute Gasteiger partial charge is 0.362 e. The Morgan fingerprint density at radius 2 is 1.39 bits per heavy atom. The third-order valence-electron chi connectivity index (χ3n) is 9.27. The third kappa shape index (κ3) is 7.04. The molecule has 0 amide bonds. The Bertz CT molecular complexity index is 2040. The maximum absolute atomic E-state index is 13.2. The smallest absolute Gasteiger partial charge is 0.350 e. The molecule has 1 saturated heterocycles. The monoisotopic (exact) mass is 720 g/mol. The van der Waals surface area contributed by atoms with Crippen LogP contribution in [0.4, 0.5) is 0 Å². The van der Waals surface area contributed by atoms with Gasteiger partial charge in [-0.25, -0.2) is 19.6 Å². The highest BCUT2D eigenvalue weighted by Crippen LogP contribution is 2.54. The van der Waals surface area contributed by atoms with Gasteiger partial charge in [0.15, 0.2) is 11.4 Å². The summed E-state index contributed by atoms with van der Waals surface area (Å²) in [7, 11) is 3.24. The highest BCUT2D eigenvalue weighted by atomic mass is 35.7. The van der Waals surface area contributed by atoms with Crippen molar-refractivity contribution in [2.45, 2.75) is 24.3 Å². The number of hydrogen-bond acceptors (Lipinski definition) is 8. The average Bonchev–Trinajstić information content (AvgIpc) is 3.61. The Kier molecular flexibility index (Phi) is 10.2. The first kappa shape index (κ1) is 34.9. The van der Waals surface area contributed by atoms with E-state index in [1.807, 2.05) is 77.4 Å². The van der Waals surface area contributed by atoms with Gasteiger partial charge in [-0.2, -0.15) is 0 Å². The fourth-order valence-corrected chi connectivity index (χ4v) is 7.58. The van der Waals surface area contributed by atoms with Crippen molar-refractivity contribution in [3.63, 3.8) is 0 Å². The Morgan fingerprint density at radius 1 is 0.843 bits per heavy atom. The molecule has 0 N–H and O–H groups in total. The zero-order chi connectivity index (χ0) is 35.4. The maximum Gasteiger partial charge on any atom is 0.362 e. The van der Waals surface area contributed by atoms with E-state index in [4.69, 9.17) is 25.5 Å². The van der Waals surface area contributed by atoms with Crippen molar-refractivity contribution >= 4 is 35.1 Å². The molecule has 1 aliphatic rings. The maximum atomic E-state index is 13.2. The summed E-state index contributed by atoms with van der Waals surface area (Å²) in [5.41, 5.74) is 4.62. The summed E-state index contributed by atoms with van der Waals surface area (Å²) in [5.74, 6) is -0.0628. The minimum Gasteiger partial charge on any atom is -0.350 e. The summed E-state index contributed by atoms with van der Waals surface area (Å²) in [6, 6.07) is 40.3. The molecule has 6 aromatic rings. The van der Waals surface area contributed by atoms with Crippen LogP contribution in [0.1, 0.15) is 39.0 Å². The van der Waals surface area contributed by atoms with E-state index in [0.717, 1.165) is 16.7 Å². The molecule has 260 valence electrons. The molecule has 0 radical (unpaired) electrons. The van der Waals surface area contributed by atoms with Crippen molar-refractivity contribution < 1.29 is 18.6 Å². The quantitative estimate of drug-likeness (QED) is 0.0729. The Balaban J connectivity index is 1.34. The van der Waals surface area contributed by atoms with Gasteiger partial charge in [0.1, 0.15) is 18.1 Å². The van der Waals surface area contributed by atoms with Gasteiger partial charge in [-0.15, -0.1) is 0 Å². The van der Waals surface area contributed by atoms with Crippen LogP contribution in [0.3, 0.4) is 0 Å². The number of carbonyl (C=O) groups is 1. The Labute approximate surface area is 301 Å². The SMILES string of the molecule is CN(C)P(=O)(Cl)OC[C@@H]1CN(C(c2ccccc2)(c2ccccc2)c2ccccc2)C[C@H](n2cnc3c(CC(=O)c4ccccc4)ncnc32)O1. The number of halogens is 1. The summed E-state index contributed by atoms with van der Waals surface area (Å²) in [4.78, 5) is 29.4. The molecule has 4 aromatic carbocycles. The lowest BCUT2D eigenvalue weighted by Crippen LogP contribution is -2.57. The predicted molar refractivity (Wildman–Crippen MR) is 198 cm³/mol. The number of rotatable bonds is 12. The predicted octanol–water partition coefficient (Wildman–Crippen LogP) is 7.37. The van der Waals surface area contributed by atoms with Crippen molar-refractivity contribution in [2.24, 2.45) is 0 Å². The van der Waals surface area contributed by atoms with Gasteiger partial charge in [0.2, 0.25) is 0 Å². The third-order valence-corrected chi connectivity index (χ3v) is 11.9. The zero-order valence-corrected chi connectivity index (χ0v) is 30.0. The molecular weight excluding hydrogens is 683 g/mol. The Morgan fingerprint density at radius 3 is 1.94 bits per heavy atom. The number of morpholine rings is 1. The van der Waals surface area contributed by atoms with Gasteiger partial charge in [-0.3, -0.25) is 18.8 Å². The van der Waals surface area contributed by atoms with Crippen LogP contribution < -0.4 is 0 Å². The molecule has 0 saturated carbocycles. The minimum absolute atomic E-state index is 0.0289. The first-order chi connectivity index (χ1) is 24.8. The molecule has 0 aliphatic carbocycles. The molecule has 12 heteroatoms. The number of Topliss-reactive ketones (excluding diaryl/α,β-unsaturated/α-hetero) is 1. The second-order valence-corrected chi connectivity index (χ2v) is 15.9. The van der Waals surface area contributed by atoms with E-state index < -0.39 is 24.7 Å². The second-order valence-electron chi connectivity index (χ2n) is 12.6. The van der Waals surface area contributed by atoms with Crippen molar-refractivity contribution in [1.29, 1.82) is 0 Å². The number of hydrogen-bond donors (Lipinski definition) is 0. The molecule has 7 rings (SSSR count). The van der Waals surface area contributed by atoms with Gasteiger partial charge in [-0.05, 0) is 42.0 Å². The molecule has 1 aliphatic heterocycles. The minimum atomic E-state index is -3.59. The molecule has 3 heterocycles. The van der Waals surface area contributed by atoms with Crippen molar-refractivity contribution in [1.82, 2.24) is 29.1 Å². The number of fused-ring (bicyclic) bond motifs is 1. The fraction of sp³-hybridized carbons (Fsp3) is 0.231. The number of imidazole rings is 1. The van der Waals surface area contributed by atoms with E-state index in [1.165, 1.54) is 11.0 Å². The normalized spacial score (nSPS) is 18.1. The average molecular weight is 721 g/mol. The van der Waals surface area contributed by atoms with E-state index in [1.54, 1.807) is 32.6 Å². The summed E-state index contributed by atoms with van der Waals surface area (Å²) < 4.78 is 29.1. The van der Waals surface area contributed by atoms with E-state index in [-0.39, 0.29) is 18.8 Å². The van der Waals surface area contributed by atoms with E-state index in [9.17, 15) is 9.36 Å². The van der Waals surface area contributed by atoms with Crippen LogP contribution in [0.15, 0.2) is 134 Å². The topological polar surface area (TPSA) is 103 Å². The summed E-state index contributed by atoms with van der Waals surface area (Å²) in [5, 5.41) is 0. The molecule has 3 atom stereocenters. The number of nitrogens with zero attached hydrogens (tertiary/aromatic N) is 6. The molecule has 1 fully saturated rings. The van der Waals surface area contributed by atoms with E-state index >= 15 is 0 Å². The van der Waals surface area contributed by atoms with E-state index in [0.29, 0.717) is 35.5 Å². The van der Waals surface area contributed by atoms with Crippen LogP contribution in [0.2, 0.25) is 0 Å². The summed E-state index contributed by atoms with van der Waals surface area (Å²) >= 11 is 6.35. The molecular formula is C39H38ClN6O4P. The van der Waals surface area contributed by atoms with Gasteiger partial charge >= 0.3 is 6.87 Å². The zero-order valence-electron chi connectivity index (χ0n) is 28.3. The molecule has 0 bridgehead atoms. The van der Waals surface area contributed by atoms with Crippen LogP contribution in [0.5, 0.6) is 0 Å².